The van der Waals surface area contributed by atoms with Crippen LogP contribution in [0.3, 0.4) is 0 Å². The molecule has 1 heterocycles. The number of hydrogen-bond donors (Lipinski definition) is 1. The number of nitrogens with one attached hydrogen (secondary N) is 1. The summed E-state index contributed by atoms with van der Waals surface area (Å²) >= 11 is 1.95. The lowest BCUT2D eigenvalue weighted by atomic mass is 10.0. The van der Waals surface area contributed by atoms with Crippen molar-refractivity contribution in [2.45, 2.75) is 69.1 Å². The lowest BCUT2D eigenvalue weighted by molar-refractivity contribution is 0.515. The molecule has 19 heavy (non-hydrogen) atoms. The third-order valence-corrected chi connectivity index (χ3v) is 4.68. The van der Waals surface area contributed by atoms with Gasteiger partial charge in [0.25, 0.3) is 0 Å². The van der Waals surface area contributed by atoms with Crippen LogP contribution in [0.5, 0.6) is 0 Å². The summed E-state index contributed by atoms with van der Waals surface area (Å²) < 4.78 is 0. The Labute approximate surface area is 121 Å². The van der Waals surface area contributed by atoms with Gasteiger partial charge in [0, 0.05) is 24.3 Å². The van der Waals surface area contributed by atoms with Gasteiger partial charge in [-0.1, -0.05) is 26.2 Å². The monoisotopic (exact) mass is 279 g/mol. The van der Waals surface area contributed by atoms with Gasteiger partial charge >= 0.3 is 0 Å². The fourth-order valence-corrected chi connectivity index (χ4v) is 3.74. The summed E-state index contributed by atoms with van der Waals surface area (Å²) in [5.41, 5.74) is 0. The Hall–Kier alpha value is -0.770. The second kappa shape index (κ2) is 7.73. The molecule has 1 aliphatic carbocycles. The van der Waals surface area contributed by atoms with Gasteiger partial charge in [-0.05, 0) is 26.2 Å². The molecule has 0 spiro atoms. The first-order chi connectivity index (χ1) is 9.31. The van der Waals surface area contributed by atoms with E-state index in [1.807, 2.05) is 11.8 Å². The van der Waals surface area contributed by atoms with Gasteiger partial charge in [0.1, 0.15) is 16.7 Å². The highest BCUT2D eigenvalue weighted by Gasteiger charge is 2.16. The van der Waals surface area contributed by atoms with Crippen LogP contribution in [-0.4, -0.2) is 21.8 Å². The molecule has 0 saturated heterocycles. The summed E-state index contributed by atoms with van der Waals surface area (Å²) in [4.78, 5) is 9.28. The fourth-order valence-electron chi connectivity index (χ4n) is 2.49. The van der Waals surface area contributed by atoms with Crippen molar-refractivity contribution < 1.29 is 0 Å². The van der Waals surface area contributed by atoms with Crippen LogP contribution in [0.4, 0.5) is 5.82 Å². The van der Waals surface area contributed by atoms with Gasteiger partial charge in [0.2, 0.25) is 0 Å². The number of nitrogens with zero attached hydrogens (tertiary/aromatic N) is 2. The van der Waals surface area contributed by atoms with Gasteiger partial charge in [-0.3, -0.25) is 0 Å². The molecule has 1 aromatic rings. The van der Waals surface area contributed by atoms with Crippen LogP contribution in [0.1, 0.15) is 58.2 Å². The van der Waals surface area contributed by atoms with E-state index < -0.39 is 0 Å². The zero-order chi connectivity index (χ0) is 13.5. The van der Waals surface area contributed by atoms with E-state index in [4.69, 9.17) is 4.98 Å². The van der Waals surface area contributed by atoms with E-state index in [2.05, 4.69) is 30.2 Å². The number of thioether (sulfide) groups is 1. The molecule has 106 valence electrons. The average Bonchev–Trinajstić information content (AvgIpc) is 2.40. The minimum Gasteiger partial charge on any atom is -0.370 e. The van der Waals surface area contributed by atoms with Crippen LogP contribution >= 0.6 is 11.8 Å². The Morgan fingerprint density at radius 3 is 2.68 bits per heavy atom. The van der Waals surface area contributed by atoms with Crippen molar-refractivity contribution in [3.05, 3.63) is 11.9 Å². The van der Waals surface area contributed by atoms with Crippen LogP contribution in [0.25, 0.3) is 0 Å². The smallest absolute Gasteiger partial charge is 0.132 e. The number of anilines is 1. The van der Waals surface area contributed by atoms with Crippen LogP contribution < -0.4 is 5.32 Å². The minimum absolute atomic E-state index is 0.757. The SMILES string of the molecule is CCCc1nc(NCC)cc(SC2CCCCC2)n1. The molecule has 1 N–H and O–H groups in total. The number of hydrogen-bond acceptors (Lipinski definition) is 4. The maximum absolute atomic E-state index is 4.71. The van der Waals surface area contributed by atoms with E-state index >= 15 is 0 Å². The molecular weight excluding hydrogens is 254 g/mol. The first-order valence-corrected chi connectivity index (χ1v) is 8.48. The van der Waals surface area contributed by atoms with Crippen molar-refractivity contribution in [2.75, 3.05) is 11.9 Å². The molecule has 0 unspecified atom stereocenters. The van der Waals surface area contributed by atoms with Crippen molar-refractivity contribution >= 4 is 17.6 Å². The van der Waals surface area contributed by atoms with Crippen molar-refractivity contribution in [3.8, 4) is 0 Å². The normalized spacial score (nSPS) is 16.5. The molecule has 1 aromatic heterocycles. The lowest BCUT2D eigenvalue weighted by Gasteiger charge is -2.20. The highest BCUT2D eigenvalue weighted by Crippen LogP contribution is 2.33. The van der Waals surface area contributed by atoms with Crippen LogP contribution in [0.15, 0.2) is 11.1 Å². The third-order valence-electron chi connectivity index (χ3n) is 3.42. The summed E-state index contributed by atoms with van der Waals surface area (Å²) in [5, 5.41) is 5.23. The molecule has 1 aliphatic rings. The van der Waals surface area contributed by atoms with E-state index in [1.54, 1.807) is 0 Å². The zero-order valence-corrected chi connectivity index (χ0v) is 12.9. The van der Waals surface area contributed by atoms with Crippen molar-refractivity contribution in [2.24, 2.45) is 0 Å². The van der Waals surface area contributed by atoms with E-state index in [1.165, 1.54) is 32.1 Å². The molecule has 2 rings (SSSR count). The van der Waals surface area contributed by atoms with E-state index in [0.717, 1.165) is 41.3 Å². The molecule has 0 bridgehead atoms. The average molecular weight is 279 g/mol. The van der Waals surface area contributed by atoms with Gasteiger partial charge in [-0.15, -0.1) is 11.8 Å². The number of aromatic nitrogens is 2. The maximum atomic E-state index is 4.71. The van der Waals surface area contributed by atoms with Gasteiger partial charge in [0.05, 0.1) is 0 Å². The summed E-state index contributed by atoms with van der Waals surface area (Å²) in [7, 11) is 0. The molecule has 0 aliphatic heterocycles. The Balaban J connectivity index is 2.08. The van der Waals surface area contributed by atoms with Crippen molar-refractivity contribution in [3.63, 3.8) is 0 Å². The largest absolute Gasteiger partial charge is 0.370 e. The maximum Gasteiger partial charge on any atom is 0.132 e. The zero-order valence-electron chi connectivity index (χ0n) is 12.1. The number of aryl methyl sites for hydroxylation is 1. The van der Waals surface area contributed by atoms with E-state index in [-0.39, 0.29) is 0 Å². The topological polar surface area (TPSA) is 37.8 Å². The Bertz CT molecular complexity index is 365. The molecule has 4 heteroatoms. The first-order valence-electron chi connectivity index (χ1n) is 7.60. The van der Waals surface area contributed by atoms with Crippen molar-refractivity contribution in [1.82, 2.24) is 9.97 Å². The van der Waals surface area contributed by atoms with Crippen molar-refractivity contribution in [1.29, 1.82) is 0 Å². The van der Waals surface area contributed by atoms with Gasteiger partial charge in [-0.25, -0.2) is 9.97 Å². The summed E-state index contributed by atoms with van der Waals surface area (Å²) in [6.07, 6.45) is 8.92. The van der Waals surface area contributed by atoms with E-state index in [9.17, 15) is 0 Å². The minimum atomic E-state index is 0.757. The molecule has 1 fully saturated rings. The van der Waals surface area contributed by atoms with Gasteiger partial charge in [-0.2, -0.15) is 0 Å². The van der Waals surface area contributed by atoms with Crippen LogP contribution in [-0.2, 0) is 6.42 Å². The quantitative estimate of drug-likeness (QED) is 0.788. The second-order valence-electron chi connectivity index (χ2n) is 5.17. The fraction of sp³-hybridized carbons (Fsp3) is 0.733. The van der Waals surface area contributed by atoms with Gasteiger partial charge < -0.3 is 5.32 Å². The first kappa shape index (κ1) is 14.6. The van der Waals surface area contributed by atoms with E-state index in [0.29, 0.717) is 0 Å². The highest BCUT2D eigenvalue weighted by molar-refractivity contribution is 7.99. The molecule has 0 amide bonds. The standard InChI is InChI=1S/C15H25N3S/c1-3-8-13-17-14(16-4-2)11-15(18-13)19-12-9-6-5-7-10-12/h11-12H,3-10H2,1-2H3,(H,16,17,18). The summed E-state index contributed by atoms with van der Waals surface area (Å²) in [6, 6.07) is 2.11. The Morgan fingerprint density at radius 1 is 1.21 bits per heavy atom. The van der Waals surface area contributed by atoms with Crippen LogP contribution in [0.2, 0.25) is 0 Å². The molecule has 0 radical (unpaired) electrons. The lowest BCUT2D eigenvalue weighted by Crippen LogP contribution is -2.09. The molecular formula is C15H25N3S. The third kappa shape index (κ3) is 4.68. The summed E-state index contributed by atoms with van der Waals surface area (Å²) in [5.74, 6) is 1.97. The molecule has 0 aromatic carbocycles. The highest BCUT2D eigenvalue weighted by atomic mass is 32.2. The predicted octanol–water partition coefficient (Wildman–Crippen LogP) is 4.29. The van der Waals surface area contributed by atoms with Crippen LogP contribution in [0, 0.1) is 0 Å². The Kier molecular flexibility index (Phi) is 5.95. The van der Waals surface area contributed by atoms with Gasteiger partial charge in [0.15, 0.2) is 0 Å². The molecule has 3 nitrogen and oxygen atoms in total. The molecule has 0 atom stereocenters. The second-order valence-corrected chi connectivity index (χ2v) is 6.49. The molecule has 1 saturated carbocycles. The number of rotatable bonds is 6. The summed E-state index contributed by atoms with van der Waals surface area (Å²) in [6.45, 7) is 5.20. The predicted molar refractivity (Wildman–Crippen MR) is 82.9 cm³/mol. The Morgan fingerprint density at radius 2 is 2.00 bits per heavy atom.